The normalized spacial score (nSPS) is 21.2. The number of phenolic OH excluding ortho intramolecular Hbond substituents is 1. The van der Waals surface area contributed by atoms with E-state index in [9.17, 15) is 9.90 Å². The molecular weight excluding hydrogens is 308 g/mol. The van der Waals surface area contributed by atoms with Crippen molar-refractivity contribution in [1.29, 1.82) is 0 Å². The van der Waals surface area contributed by atoms with Crippen LogP contribution < -0.4 is 0 Å². The number of fused-ring (bicyclic) bond motifs is 1. The van der Waals surface area contributed by atoms with Gasteiger partial charge in [0.25, 0.3) is 0 Å². The number of hydrogen-bond acceptors (Lipinski definition) is 2. The lowest BCUT2D eigenvalue weighted by molar-refractivity contribution is 0.112. The lowest BCUT2D eigenvalue weighted by atomic mass is 9.73. The fraction of sp³-hybridized carbons (Fsp3) is 0.435. The molecule has 0 bridgehead atoms. The van der Waals surface area contributed by atoms with E-state index in [4.69, 9.17) is 0 Å². The predicted molar refractivity (Wildman–Crippen MR) is 103 cm³/mol. The molecule has 25 heavy (non-hydrogen) atoms. The Morgan fingerprint density at radius 3 is 2.04 bits per heavy atom. The highest BCUT2D eigenvalue weighted by molar-refractivity contribution is 5.82. The summed E-state index contributed by atoms with van der Waals surface area (Å²) in [4.78, 5) is 11.7. The number of phenols is 1. The number of hydrogen-bond donors (Lipinski definition) is 1. The molecular formula is C23H28O2. The van der Waals surface area contributed by atoms with Gasteiger partial charge < -0.3 is 5.11 Å². The molecule has 1 aliphatic carbocycles. The molecule has 0 saturated carbocycles. The maximum atomic E-state index is 11.7. The molecule has 0 amide bonds. The molecule has 0 saturated heterocycles. The van der Waals surface area contributed by atoms with Crippen LogP contribution in [-0.2, 0) is 10.8 Å². The molecule has 2 aromatic carbocycles. The summed E-state index contributed by atoms with van der Waals surface area (Å²) >= 11 is 0. The van der Waals surface area contributed by atoms with Crippen molar-refractivity contribution in [2.45, 2.75) is 65.7 Å². The standard InChI is InChI=1S/C23H28O2/c1-13-10-19-20(16(4)18(13)11-24)23(7,12-22(19,5)6)17-8-14(2)21(25)15(3)9-17/h8-11,25H,12H2,1-7H3. The van der Waals surface area contributed by atoms with Gasteiger partial charge in [0.15, 0.2) is 6.29 Å². The zero-order chi connectivity index (χ0) is 18.7. The van der Waals surface area contributed by atoms with E-state index in [1.54, 1.807) is 0 Å². The third-order valence-corrected chi connectivity index (χ3v) is 6.16. The van der Waals surface area contributed by atoms with Gasteiger partial charge in [-0.05, 0) is 78.5 Å². The summed E-state index contributed by atoms with van der Waals surface area (Å²) in [5.41, 5.74) is 8.51. The van der Waals surface area contributed by atoms with Crippen molar-refractivity contribution in [3.05, 3.63) is 62.7 Å². The lowest BCUT2D eigenvalue weighted by Crippen LogP contribution is -2.24. The van der Waals surface area contributed by atoms with Gasteiger partial charge in [0.05, 0.1) is 0 Å². The van der Waals surface area contributed by atoms with Crippen LogP contribution in [0.15, 0.2) is 18.2 Å². The lowest BCUT2D eigenvalue weighted by Gasteiger charge is -2.30. The van der Waals surface area contributed by atoms with Crippen molar-refractivity contribution in [2.75, 3.05) is 0 Å². The zero-order valence-electron chi connectivity index (χ0n) is 16.4. The molecule has 0 aromatic heterocycles. The summed E-state index contributed by atoms with van der Waals surface area (Å²) < 4.78 is 0. The molecule has 2 heteroatoms. The van der Waals surface area contributed by atoms with Crippen LogP contribution in [-0.4, -0.2) is 11.4 Å². The molecule has 0 radical (unpaired) electrons. The summed E-state index contributed by atoms with van der Waals surface area (Å²) in [6.45, 7) is 14.9. The molecule has 1 atom stereocenters. The number of carbonyl (C=O) groups excluding carboxylic acids is 1. The van der Waals surface area contributed by atoms with E-state index in [0.29, 0.717) is 5.75 Å². The average molecular weight is 336 g/mol. The van der Waals surface area contributed by atoms with Crippen molar-refractivity contribution < 1.29 is 9.90 Å². The topological polar surface area (TPSA) is 37.3 Å². The number of benzene rings is 2. The molecule has 2 nitrogen and oxygen atoms in total. The van der Waals surface area contributed by atoms with Crippen LogP contribution >= 0.6 is 0 Å². The van der Waals surface area contributed by atoms with Crippen LogP contribution in [0.4, 0.5) is 0 Å². The van der Waals surface area contributed by atoms with Gasteiger partial charge in [0.2, 0.25) is 0 Å². The molecule has 0 spiro atoms. The smallest absolute Gasteiger partial charge is 0.150 e. The van der Waals surface area contributed by atoms with Gasteiger partial charge in [-0.15, -0.1) is 0 Å². The van der Waals surface area contributed by atoms with Gasteiger partial charge in [-0.3, -0.25) is 4.79 Å². The minimum absolute atomic E-state index is 0.0424. The van der Waals surface area contributed by atoms with E-state index in [2.05, 4.69) is 45.9 Å². The summed E-state index contributed by atoms with van der Waals surface area (Å²) in [6, 6.07) is 6.41. The maximum Gasteiger partial charge on any atom is 0.150 e. The first-order chi connectivity index (χ1) is 11.5. The van der Waals surface area contributed by atoms with Crippen molar-refractivity contribution >= 4 is 6.29 Å². The van der Waals surface area contributed by atoms with Crippen molar-refractivity contribution in [2.24, 2.45) is 0 Å². The zero-order valence-corrected chi connectivity index (χ0v) is 16.4. The number of rotatable bonds is 2. The fourth-order valence-corrected chi connectivity index (χ4v) is 5.01. The molecule has 1 unspecified atom stereocenters. The summed E-state index contributed by atoms with van der Waals surface area (Å²) in [5.74, 6) is 0.374. The second-order valence-corrected chi connectivity index (χ2v) is 8.62. The number of aromatic hydroxyl groups is 1. The Bertz CT molecular complexity index is 866. The Morgan fingerprint density at radius 1 is 0.960 bits per heavy atom. The highest BCUT2D eigenvalue weighted by Gasteiger charge is 2.47. The van der Waals surface area contributed by atoms with Crippen LogP contribution in [0.5, 0.6) is 5.75 Å². The maximum absolute atomic E-state index is 11.7. The molecule has 2 aromatic rings. The summed E-state index contributed by atoms with van der Waals surface area (Å²) in [6.07, 6.45) is 1.98. The van der Waals surface area contributed by atoms with E-state index in [1.165, 1.54) is 16.7 Å². The SMILES string of the molecule is Cc1cc(C2(C)CC(C)(C)c3cc(C)c(C=O)c(C)c32)cc(C)c1O. The van der Waals surface area contributed by atoms with Crippen LogP contribution in [0, 0.1) is 27.7 Å². The van der Waals surface area contributed by atoms with E-state index >= 15 is 0 Å². The van der Waals surface area contributed by atoms with E-state index in [-0.39, 0.29) is 10.8 Å². The molecule has 1 N–H and O–H groups in total. The second kappa shape index (κ2) is 5.45. The van der Waals surface area contributed by atoms with Gasteiger partial charge in [-0.1, -0.05) is 39.0 Å². The monoisotopic (exact) mass is 336 g/mol. The predicted octanol–water partition coefficient (Wildman–Crippen LogP) is 5.43. The highest BCUT2D eigenvalue weighted by atomic mass is 16.3. The van der Waals surface area contributed by atoms with Crippen molar-refractivity contribution in [3.63, 3.8) is 0 Å². The number of carbonyl (C=O) groups is 1. The molecule has 0 fully saturated rings. The van der Waals surface area contributed by atoms with Crippen molar-refractivity contribution in [1.82, 2.24) is 0 Å². The first-order valence-electron chi connectivity index (χ1n) is 8.94. The average Bonchev–Trinajstić information content (AvgIpc) is 2.72. The van der Waals surface area contributed by atoms with Gasteiger partial charge in [0, 0.05) is 11.0 Å². The number of aryl methyl sites for hydroxylation is 3. The summed E-state index contributed by atoms with van der Waals surface area (Å²) in [5, 5.41) is 10.2. The third-order valence-electron chi connectivity index (χ3n) is 6.16. The van der Waals surface area contributed by atoms with E-state index in [0.717, 1.165) is 40.5 Å². The van der Waals surface area contributed by atoms with Gasteiger partial charge in [-0.25, -0.2) is 0 Å². The van der Waals surface area contributed by atoms with Crippen LogP contribution in [0.2, 0.25) is 0 Å². The van der Waals surface area contributed by atoms with Crippen molar-refractivity contribution in [3.8, 4) is 5.75 Å². The van der Waals surface area contributed by atoms with Crippen LogP contribution in [0.3, 0.4) is 0 Å². The Balaban J connectivity index is 2.37. The largest absolute Gasteiger partial charge is 0.507 e. The minimum atomic E-state index is -0.169. The summed E-state index contributed by atoms with van der Waals surface area (Å²) in [7, 11) is 0. The minimum Gasteiger partial charge on any atom is -0.507 e. The Hall–Kier alpha value is -2.09. The van der Waals surface area contributed by atoms with Gasteiger partial charge >= 0.3 is 0 Å². The fourth-order valence-electron chi connectivity index (χ4n) is 5.01. The molecule has 3 rings (SSSR count). The van der Waals surface area contributed by atoms with Gasteiger partial charge in [0.1, 0.15) is 5.75 Å². The quantitative estimate of drug-likeness (QED) is 0.743. The highest BCUT2D eigenvalue weighted by Crippen LogP contribution is 2.55. The molecule has 0 aliphatic heterocycles. The molecule has 132 valence electrons. The van der Waals surface area contributed by atoms with E-state index < -0.39 is 0 Å². The Morgan fingerprint density at radius 2 is 1.52 bits per heavy atom. The Labute approximate surface area is 150 Å². The van der Waals surface area contributed by atoms with Gasteiger partial charge in [-0.2, -0.15) is 0 Å². The van der Waals surface area contributed by atoms with E-state index in [1.807, 2.05) is 20.8 Å². The molecule has 1 aliphatic rings. The first-order valence-corrected chi connectivity index (χ1v) is 8.94. The first kappa shape index (κ1) is 17.7. The third kappa shape index (κ3) is 2.42. The number of aldehydes is 1. The van der Waals surface area contributed by atoms with Crippen LogP contribution in [0.1, 0.15) is 76.5 Å². The second-order valence-electron chi connectivity index (χ2n) is 8.62. The molecule has 0 heterocycles. The van der Waals surface area contributed by atoms with Crippen LogP contribution in [0.25, 0.3) is 0 Å². The Kier molecular flexibility index (Phi) is 3.87.